The summed E-state index contributed by atoms with van der Waals surface area (Å²) in [5.41, 5.74) is 2.00. The second-order valence-corrected chi connectivity index (χ2v) is 9.16. The highest BCUT2D eigenvalue weighted by molar-refractivity contribution is 7.99. The van der Waals surface area contributed by atoms with E-state index in [1.165, 1.54) is 12.3 Å². The number of aliphatic imine (C=N–C) groups is 1. The number of hydrogen-bond acceptors (Lipinski definition) is 7. The molecule has 0 fully saturated rings. The molecule has 0 unspecified atom stereocenters. The van der Waals surface area contributed by atoms with Gasteiger partial charge >= 0.3 is 12.3 Å². The second kappa shape index (κ2) is 13.0. The number of ether oxygens (including phenoxy) is 3. The summed E-state index contributed by atoms with van der Waals surface area (Å²) in [5, 5.41) is 0.311. The van der Waals surface area contributed by atoms with Crippen molar-refractivity contribution in [1.29, 1.82) is 0 Å². The van der Waals surface area contributed by atoms with Crippen molar-refractivity contribution in [3.8, 4) is 5.75 Å². The largest absolute Gasteiger partial charge is 0.508 e. The molecule has 1 atom stereocenters. The van der Waals surface area contributed by atoms with Crippen molar-refractivity contribution >= 4 is 33.8 Å². The molecule has 7 nitrogen and oxygen atoms in total. The first-order valence-corrected chi connectivity index (χ1v) is 11.9. The van der Waals surface area contributed by atoms with Crippen LogP contribution in [0.25, 0.3) is 6.08 Å². The minimum atomic E-state index is -4.46. The van der Waals surface area contributed by atoms with Crippen LogP contribution in [0.2, 0.25) is 0 Å². The van der Waals surface area contributed by atoms with E-state index in [2.05, 4.69) is 9.98 Å². The maximum absolute atomic E-state index is 12.9. The van der Waals surface area contributed by atoms with Crippen LogP contribution in [0.1, 0.15) is 37.6 Å². The fraction of sp³-hybridized carbons (Fsp3) is 0.375. The molecule has 2 aromatic rings. The van der Waals surface area contributed by atoms with Gasteiger partial charge in [-0.05, 0) is 51.5 Å². The number of para-hydroxylation sites is 1. The van der Waals surface area contributed by atoms with E-state index in [1.807, 2.05) is 0 Å². The molecule has 35 heavy (non-hydrogen) atoms. The maximum atomic E-state index is 12.9. The monoisotopic (exact) mass is 512 g/mol. The molecule has 1 heterocycles. The summed E-state index contributed by atoms with van der Waals surface area (Å²) in [6.07, 6.45) is -0.852. The summed E-state index contributed by atoms with van der Waals surface area (Å²) >= 11 is 0. The molecule has 190 valence electrons. The van der Waals surface area contributed by atoms with Gasteiger partial charge in [-0.3, -0.25) is 9.19 Å². The van der Waals surface area contributed by atoms with Crippen molar-refractivity contribution in [2.45, 2.75) is 45.7 Å². The number of hydrogen-bond donors (Lipinski definition) is 0. The molecule has 0 saturated carbocycles. The minimum Gasteiger partial charge on any atom is -0.484 e. The quantitative estimate of drug-likeness (QED) is 0.236. The topological polar surface area (TPSA) is 87.1 Å². The zero-order chi connectivity index (χ0) is 26.0. The lowest BCUT2D eigenvalue weighted by Gasteiger charge is -2.13. The molecule has 1 aromatic carbocycles. The standard InChI is InChI=1S/C24H27F3N2O5S/c1-16(2)34-23(30)32-13-7-9-19-8-5-6-10-20(19)29-18(4)35(31)14-21-17(3)22(11-12-28-21)33-15-24(25,26)27/h5-12,16H,13-15H2,1-4H3/b9-7-,29-18?/t35-/m1/s1. The Morgan fingerprint density at radius 3 is 2.63 bits per heavy atom. The van der Waals surface area contributed by atoms with Crippen LogP contribution in [0.4, 0.5) is 23.7 Å². The number of halogens is 3. The van der Waals surface area contributed by atoms with Crippen LogP contribution in [0, 0.1) is 6.92 Å². The molecule has 2 rings (SSSR count). The van der Waals surface area contributed by atoms with Gasteiger partial charge in [0, 0.05) is 11.8 Å². The zero-order valence-corrected chi connectivity index (χ0v) is 20.6. The highest BCUT2D eigenvalue weighted by atomic mass is 32.2. The summed E-state index contributed by atoms with van der Waals surface area (Å²) in [4.78, 5) is 20.0. The number of carbonyl (C=O) groups excluding carboxylic acids is 1. The second-order valence-electron chi connectivity index (χ2n) is 7.59. The summed E-state index contributed by atoms with van der Waals surface area (Å²) in [6.45, 7) is 5.18. The van der Waals surface area contributed by atoms with Crippen LogP contribution >= 0.6 is 0 Å². The minimum absolute atomic E-state index is 0.00616. The van der Waals surface area contributed by atoms with E-state index in [0.717, 1.165) is 0 Å². The predicted molar refractivity (Wildman–Crippen MR) is 128 cm³/mol. The van der Waals surface area contributed by atoms with Crippen LogP contribution < -0.4 is 4.74 Å². The normalized spacial score (nSPS) is 13.2. The van der Waals surface area contributed by atoms with Crippen LogP contribution in [-0.4, -0.2) is 45.9 Å². The Hall–Kier alpha value is -3.21. The molecule has 0 radical (unpaired) electrons. The Bertz CT molecular complexity index is 1100. The zero-order valence-electron chi connectivity index (χ0n) is 19.8. The fourth-order valence-electron chi connectivity index (χ4n) is 2.72. The van der Waals surface area contributed by atoms with Crippen molar-refractivity contribution in [2.24, 2.45) is 4.99 Å². The van der Waals surface area contributed by atoms with Crippen molar-refractivity contribution in [2.75, 3.05) is 13.2 Å². The van der Waals surface area contributed by atoms with Crippen LogP contribution in [0.3, 0.4) is 0 Å². The fourth-order valence-corrected chi connectivity index (χ4v) is 3.67. The molecule has 0 spiro atoms. The summed E-state index contributed by atoms with van der Waals surface area (Å²) in [5.74, 6) is 0.00248. The van der Waals surface area contributed by atoms with E-state index >= 15 is 0 Å². The Kier molecular flexibility index (Phi) is 10.4. The van der Waals surface area contributed by atoms with Gasteiger partial charge in [0.05, 0.1) is 34.0 Å². The Morgan fingerprint density at radius 1 is 1.23 bits per heavy atom. The van der Waals surface area contributed by atoms with Crippen LogP contribution in [-0.2, 0) is 26.0 Å². The summed E-state index contributed by atoms with van der Waals surface area (Å²) in [7, 11) is -1.58. The van der Waals surface area contributed by atoms with Gasteiger partial charge in [0.25, 0.3) is 0 Å². The maximum Gasteiger partial charge on any atom is 0.508 e. The Morgan fingerprint density at radius 2 is 1.94 bits per heavy atom. The summed E-state index contributed by atoms with van der Waals surface area (Å²) < 4.78 is 64.9. The van der Waals surface area contributed by atoms with Crippen LogP contribution in [0.5, 0.6) is 5.75 Å². The lowest BCUT2D eigenvalue weighted by molar-refractivity contribution is -0.153. The van der Waals surface area contributed by atoms with E-state index in [0.29, 0.717) is 27.6 Å². The number of aromatic nitrogens is 1. The number of carbonyl (C=O) groups is 1. The van der Waals surface area contributed by atoms with E-state index in [9.17, 15) is 22.2 Å². The highest BCUT2D eigenvalue weighted by Crippen LogP contribution is 2.25. The lowest BCUT2D eigenvalue weighted by atomic mass is 10.1. The summed E-state index contributed by atoms with van der Waals surface area (Å²) in [6, 6.07) is 8.45. The molecule has 0 amide bonds. The van der Waals surface area contributed by atoms with Gasteiger partial charge in [-0.25, -0.2) is 9.79 Å². The number of rotatable bonds is 9. The predicted octanol–water partition coefficient (Wildman–Crippen LogP) is 5.90. The van der Waals surface area contributed by atoms with Crippen LogP contribution in [0.15, 0.2) is 47.6 Å². The SMILES string of the molecule is CC(=Nc1ccccc1/C=C\COC(=O)OC(C)C)[S@](=O)Cc1nccc(OCC(F)(F)F)c1C. The van der Waals surface area contributed by atoms with Gasteiger partial charge in [-0.2, -0.15) is 13.2 Å². The lowest BCUT2D eigenvalue weighted by Crippen LogP contribution is -2.20. The van der Waals surface area contributed by atoms with Crippen molar-refractivity contribution in [1.82, 2.24) is 4.98 Å². The Balaban J connectivity index is 2.08. The van der Waals surface area contributed by atoms with Gasteiger partial charge in [0.15, 0.2) is 6.61 Å². The molecule has 0 aliphatic rings. The number of nitrogens with zero attached hydrogens (tertiary/aromatic N) is 2. The van der Waals surface area contributed by atoms with Crippen molar-refractivity contribution < 1.29 is 36.4 Å². The molecule has 11 heteroatoms. The van der Waals surface area contributed by atoms with E-state index in [4.69, 9.17) is 14.2 Å². The smallest absolute Gasteiger partial charge is 0.484 e. The Labute approximate surface area is 204 Å². The average Bonchev–Trinajstić information content (AvgIpc) is 2.77. The molecular weight excluding hydrogens is 485 g/mol. The van der Waals surface area contributed by atoms with E-state index in [1.54, 1.807) is 64.1 Å². The van der Waals surface area contributed by atoms with Crippen molar-refractivity contribution in [3.05, 3.63) is 59.4 Å². The number of alkyl halides is 3. The molecule has 0 N–H and O–H groups in total. The first kappa shape index (κ1) is 28.0. The van der Waals surface area contributed by atoms with Gasteiger partial charge in [0.1, 0.15) is 17.4 Å². The van der Waals surface area contributed by atoms with E-state index < -0.39 is 29.7 Å². The molecular formula is C24H27F3N2O5S. The molecule has 0 saturated heterocycles. The first-order chi connectivity index (χ1) is 16.5. The first-order valence-electron chi connectivity index (χ1n) is 10.6. The van der Waals surface area contributed by atoms with Crippen molar-refractivity contribution in [3.63, 3.8) is 0 Å². The van der Waals surface area contributed by atoms with Gasteiger partial charge < -0.3 is 14.2 Å². The molecule has 1 aromatic heterocycles. The number of benzene rings is 1. The van der Waals surface area contributed by atoms with Gasteiger partial charge in [0.2, 0.25) is 0 Å². The number of pyridine rings is 1. The van der Waals surface area contributed by atoms with Gasteiger partial charge in [-0.1, -0.05) is 24.3 Å². The molecule has 0 bridgehead atoms. The van der Waals surface area contributed by atoms with Gasteiger partial charge in [-0.15, -0.1) is 0 Å². The molecule has 0 aliphatic heterocycles. The highest BCUT2D eigenvalue weighted by Gasteiger charge is 2.29. The molecule has 0 aliphatic carbocycles. The average molecular weight is 513 g/mol. The van der Waals surface area contributed by atoms with E-state index in [-0.39, 0.29) is 24.2 Å². The third-order valence-corrected chi connectivity index (χ3v) is 5.67. The third-order valence-electron chi connectivity index (χ3n) is 4.39. The third kappa shape index (κ3) is 9.89.